The molecule has 0 unspecified atom stereocenters. The average Bonchev–Trinajstić information content (AvgIpc) is 2.32. The summed E-state index contributed by atoms with van der Waals surface area (Å²) in [5.41, 5.74) is 0. The molecule has 0 spiro atoms. The lowest BCUT2D eigenvalue weighted by atomic mass is 10.0. The zero-order valence-electron chi connectivity index (χ0n) is 11.7. The van der Waals surface area contributed by atoms with Crippen molar-refractivity contribution in [3.63, 3.8) is 0 Å². The van der Waals surface area contributed by atoms with Crippen LogP contribution >= 0.6 is 0 Å². The molecule has 2 nitrogen and oxygen atoms in total. The van der Waals surface area contributed by atoms with Crippen molar-refractivity contribution in [3.8, 4) is 0 Å². The molecule has 0 atom stereocenters. The van der Waals surface area contributed by atoms with Crippen molar-refractivity contribution >= 4 is 0 Å². The third-order valence-electron chi connectivity index (χ3n) is 2.84. The van der Waals surface area contributed by atoms with Crippen LogP contribution in [0.4, 0.5) is 0 Å². The summed E-state index contributed by atoms with van der Waals surface area (Å²) < 4.78 is 11.9. The number of ether oxygens (including phenoxy) is 2. The number of unbranched alkanes of at least 4 members (excludes halogenated alkanes) is 2. The largest absolute Gasteiger partial charge is 0.350 e. The Morgan fingerprint density at radius 3 is 1.69 bits per heavy atom. The Balaban J connectivity index is 4.16. The smallest absolute Gasteiger partial charge is 0.168 e. The summed E-state index contributed by atoms with van der Waals surface area (Å²) in [6, 6.07) is 0. The van der Waals surface area contributed by atoms with E-state index in [0.717, 1.165) is 38.9 Å². The molecule has 0 heterocycles. The molecular weight excluding hydrogens is 200 g/mol. The van der Waals surface area contributed by atoms with Crippen LogP contribution in [-0.4, -0.2) is 19.0 Å². The van der Waals surface area contributed by atoms with Crippen LogP contribution in [0.1, 0.15) is 72.6 Å². The van der Waals surface area contributed by atoms with Gasteiger partial charge in [0.25, 0.3) is 0 Å². The molecule has 0 aromatic carbocycles. The molecule has 0 radical (unpaired) electrons. The minimum Gasteiger partial charge on any atom is -0.350 e. The Morgan fingerprint density at radius 2 is 1.31 bits per heavy atom. The minimum absolute atomic E-state index is 0.304. The lowest BCUT2D eigenvalue weighted by Gasteiger charge is -2.33. The first-order valence-electron chi connectivity index (χ1n) is 7.02. The van der Waals surface area contributed by atoms with Crippen LogP contribution in [0, 0.1) is 0 Å². The van der Waals surface area contributed by atoms with E-state index >= 15 is 0 Å². The number of rotatable bonds is 11. The number of hydrogen-bond acceptors (Lipinski definition) is 2. The molecule has 16 heavy (non-hydrogen) atoms. The van der Waals surface area contributed by atoms with Crippen molar-refractivity contribution in [2.24, 2.45) is 0 Å². The van der Waals surface area contributed by atoms with Crippen LogP contribution in [0.15, 0.2) is 0 Å². The summed E-state index contributed by atoms with van der Waals surface area (Å²) in [4.78, 5) is 0. The Labute approximate surface area is 102 Å². The Hall–Kier alpha value is -0.0800. The molecule has 0 rings (SSSR count). The predicted molar refractivity (Wildman–Crippen MR) is 69.7 cm³/mol. The fourth-order valence-electron chi connectivity index (χ4n) is 1.79. The van der Waals surface area contributed by atoms with Gasteiger partial charge >= 0.3 is 0 Å². The van der Waals surface area contributed by atoms with Crippen LogP contribution in [0.2, 0.25) is 0 Å². The third-order valence-corrected chi connectivity index (χ3v) is 2.84. The second-order valence-corrected chi connectivity index (χ2v) is 4.42. The van der Waals surface area contributed by atoms with E-state index in [1.165, 1.54) is 19.3 Å². The van der Waals surface area contributed by atoms with Crippen LogP contribution in [-0.2, 0) is 9.47 Å². The van der Waals surface area contributed by atoms with Crippen LogP contribution in [0.25, 0.3) is 0 Å². The van der Waals surface area contributed by atoms with Gasteiger partial charge in [-0.25, -0.2) is 0 Å². The molecule has 0 N–H and O–H groups in total. The van der Waals surface area contributed by atoms with Gasteiger partial charge in [-0.3, -0.25) is 0 Å². The summed E-state index contributed by atoms with van der Waals surface area (Å²) in [5, 5.41) is 0. The lowest BCUT2D eigenvalue weighted by Crippen LogP contribution is -2.36. The highest BCUT2D eigenvalue weighted by Gasteiger charge is 2.28. The molecule has 0 aliphatic rings. The summed E-state index contributed by atoms with van der Waals surface area (Å²) in [6.07, 6.45) is 7.84. The topological polar surface area (TPSA) is 18.5 Å². The molecular formula is C14H30O2. The van der Waals surface area contributed by atoms with Crippen molar-refractivity contribution in [2.45, 2.75) is 78.4 Å². The molecule has 0 bridgehead atoms. The van der Waals surface area contributed by atoms with Gasteiger partial charge in [-0.1, -0.05) is 40.5 Å². The van der Waals surface area contributed by atoms with Crippen molar-refractivity contribution < 1.29 is 9.47 Å². The average molecular weight is 230 g/mol. The van der Waals surface area contributed by atoms with Gasteiger partial charge in [-0.15, -0.1) is 0 Å². The van der Waals surface area contributed by atoms with E-state index in [2.05, 4.69) is 27.7 Å². The molecule has 0 aromatic heterocycles. The van der Waals surface area contributed by atoms with Crippen molar-refractivity contribution in [3.05, 3.63) is 0 Å². The molecule has 0 saturated carbocycles. The first-order valence-corrected chi connectivity index (χ1v) is 7.02. The second kappa shape index (κ2) is 10.1. The van der Waals surface area contributed by atoms with Gasteiger partial charge in [0.1, 0.15) is 0 Å². The van der Waals surface area contributed by atoms with Gasteiger partial charge in [-0.2, -0.15) is 0 Å². The highest BCUT2D eigenvalue weighted by Crippen LogP contribution is 2.26. The maximum atomic E-state index is 5.95. The lowest BCUT2D eigenvalue weighted by molar-refractivity contribution is -0.243. The molecule has 0 fully saturated rings. The summed E-state index contributed by atoms with van der Waals surface area (Å²) >= 11 is 0. The zero-order valence-corrected chi connectivity index (χ0v) is 11.7. The fourth-order valence-corrected chi connectivity index (χ4v) is 1.79. The molecule has 98 valence electrons. The Bertz CT molecular complexity index is 138. The van der Waals surface area contributed by atoms with Crippen LogP contribution in [0.3, 0.4) is 0 Å². The molecule has 2 heteroatoms. The standard InChI is InChI=1S/C14H30O2/c1-5-9-10-11-14(8-4,15-12-6-2)16-13-7-3/h5-13H2,1-4H3. The zero-order chi connectivity index (χ0) is 12.3. The maximum absolute atomic E-state index is 5.95. The molecule has 0 aliphatic carbocycles. The molecule has 0 aliphatic heterocycles. The molecule has 0 aromatic rings. The van der Waals surface area contributed by atoms with Gasteiger partial charge in [0.05, 0.1) is 0 Å². The third kappa shape index (κ3) is 6.49. The highest BCUT2D eigenvalue weighted by atomic mass is 16.7. The van der Waals surface area contributed by atoms with Gasteiger partial charge in [0, 0.05) is 19.6 Å². The molecule has 0 amide bonds. The maximum Gasteiger partial charge on any atom is 0.168 e. The van der Waals surface area contributed by atoms with Crippen molar-refractivity contribution in [2.75, 3.05) is 13.2 Å². The highest BCUT2D eigenvalue weighted by molar-refractivity contribution is 4.68. The van der Waals surface area contributed by atoms with E-state index in [4.69, 9.17) is 9.47 Å². The Morgan fingerprint density at radius 1 is 0.750 bits per heavy atom. The van der Waals surface area contributed by atoms with Gasteiger partial charge in [0.15, 0.2) is 5.79 Å². The monoisotopic (exact) mass is 230 g/mol. The van der Waals surface area contributed by atoms with Gasteiger partial charge in [0.2, 0.25) is 0 Å². The van der Waals surface area contributed by atoms with Crippen molar-refractivity contribution in [1.29, 1.82) is 0 Å². The quantitative estimate of drug-likeness (QED) is 0.383. The SMILES string of the molecule is CCCCCC(CC)(OCCC)OCCC. The fraction of sp³-hybridized carbons (Fsp3) is 1.00. The minimum atomic E-state index is -0.304. The van der Waals surface area contributed by atoms with E-state index in [1.54, 1.807) is 0 Å². The van der Waals surface area contributed by atoms with E-state index < -0.39 is 0 Å². The predicted octanol–water partition coefficient (Wildman–Crippen LogP) is 4.53. The van der Waals surface area contributed by atoms with Crippen molar-refractivity contribution in [1.82, 2.24) is 0 Å². The Kier molecular flexibility index (Phi) is 10.0. The number of hydrogen-bond donors (Lipinski definition) is 0. The summed E-state index contributed by atoms with van der Waals surface area (Å²) in [6.45, 7) is 10.3. The van der Waals surface area contributed by atoms with E-state index in [0.29, 0.717) is 0 Å². The van der Waals surface area contributed by atoms with E-state index in [9.17, 15) is 0 Å². The van der Waals surface area contributed by atoms with Crippen LogP contribution in [0.5, 0.6) is 0 Å². The summed E-state index contributed by atoms with van der Waals surface area (Å²) in [7, 11) is 0. The normalized spacial score (nSPS) is 12.0. The van der Waals surface area contributed by atoms with Crippen LogP contribution < -0.4 is 0 Å². The second-order valence-electron chi connectivity index (χ2n) is 4.42. The summed E-state index contributed by atoms with van der Waals surface area (Å²) in [5.74, 6) is -0.304. The van der Waals surface area contributed by atoms with Gasteiger partial charge in [-0.05, 0) is 25.7 Å². The molecule has 0 saturated heterocycles. The van der Waals surface area contributed by atoms with Gasteiger partial charge < -0.3 is 9.47 Å². The first-order chi connectivity index (χ1) is 7.74. The first kappa shape index (κ1) is 15.9. The van der Waals surface area contributed by atoms with E-state index in [-0.39, 0.29) is 5.79 Å². The van der Waals surface area contributed by atoms with E-state index in [1.807, 2.05) is 0 Å².